The van der Waals surface area contributed by atoms with Crippen molar-refractivity contribution < 1.29 is 0 Å². The summed E-state index contributed by atoms with van der Waals surface area (Å²) in [6, 6.07) is 8.25. The normalized spacial score (nSPS) is 9.00. The molecule has 0 radical (unpaired) electrons. The summed E-state index contributed by atoms with van der Waals surface area (Å²) >= 11 is 1.35. The fourth-order valence-corrected chi connectivity index (χ4v) is 1.36. The van der Waals surface area contributed by atoms with E-state index in [1.54, 1.807) is 0 Å². The maximum absolute atomic E-state index is 7.03. The van der Waals surface area contributed by atoms with Crippen molar-refractivity contribution in [3.8, 4) is 0 Å². The fraction of sp³-hybridized carbons (Fsp3) is 0.222. The zero-order chi connectivity index (χ0) is 8.97. The van der Waals surface area contributed by atoms with E-state index in [4.69, 9.17) is 11.1 Å². The second-order valence-electron chi connectivity index (χ2n) is 2.64. The second-order valence-corrected chi connectivity index (χ2v) is 3.66. The van der Waals surface area contributed by atoms with E-state index in [9.17, 15) is 0 Å². The number of halogens is 1. The Labute approximate surface area is 93.2 Å². The van der Waals surface area contributed by atoms with Crippen LogP contribution in [0.15, 0.2) is 24.3 Å². The number of aryl methyl sites for hydroxylation is 1. The molecule has 1 aromatic carbocycles. The van der Waals surface area contributed by atoms with E-state index < -0.39 is 0 Å². The molecule has 0 fully saturated rings. The monoisotopic (exact) mass is 260 g/mol. The number of nitrogens with two attached hydrogens (primary N) is 1. The molecule has 0 amide bonds. The Bertz CT molecular complexity index is 271. The summed E-state index contributed by atoms with van der Waals surface area (Å²) in [6.45, 7) is 2.06. The van der Waals surface area contributed by atoms with Crippen LogP contribution in [0.25, 0.3) is 0 Å². The molecule has 72 valence electrons. The number of nitrogens with one attached hydrogen (secondary N) is 1. The first-order valence-electron chi connectivity index (χ1n) is 3.71. The van der Waals surface area contributed by atoms with Crippen LogP contribution in [0.2, 0.25) is 0 Å². The number of amidine groups is 1. The molecule has 13 heavy (non-hydrogen) atoms. The number of hydrogen-bond donors (Lipinski definition) is 2. The lowest BCUT2D eigenvalue weighted by Gasteiger charge is -1.99. The topological polar surface area (TPSA) is 49.9 Å². The summed E-state index contributed by atoms with van der Waals surface area (Å²) < 4.78 is 0. The molecule has 0 bridgehead atoms. The third-order valence-corrected chi connectivity index (χ3v) is 2.30. The van der Waals surface area contributed by atoms with E-state index in [0.29, 0.717) is 0 Å². The third kappa shape index (κ3) is 4.95. The van der Waals surface area contributed by atoms with Crippen molar-refractivity contribution in [2.24, 2.45) is 5.73 Å². The Morgan fingerprint density at radius 1 is 1.38 bits per heavy atom. The van der Waals surface area contributed by atoms with Crippen molar-refractivity contribution in [2.75, 3.05) is 0 Å². The molecule has 2 nitrogen and oxygen atoms in total. The minimum atomic E-state index is 0. The van der Waals surface area contributed by atoms with Gasteiger partial charge in [0.15, 0.2) is 5.17 Å². The summed E-state index contributed by atoms with van der Waals surface area (Å²) in [5.41, 5.74) is 7.68. The highest BCUT2D eigenvalue weighted by Crippen LogP contribution is 2.11. The van der Waals surface area contributed by atoms with Crippen LogP contribution < -0.4 is 5.73 Å². The molecule has 0 aromatic heterocycles. The van der Waals surface area contributed by atoms with Gasteiger partial charge in [-0.1, -0.05) is 41.6 Å². The van der Waals surface area contributed by atoms with Crippen LogP contribution in [-0.2, 0) is 5.75 Å². The van der Waals surface area contributed by atoms with Crippen LogP contribution in [0, 0.1) is 12.3 Å². The largest absolute Gasteiger partial charge is 0.379 e. The lowest BCUT2D eigenvalue weighted by atomic mass is 10.2. The van der Waals surface area contributed by atoms with Crippen LogP contribution >= 0.6 is 28.7 Å². The molecule has 0 saturated heterocycles. The molecule has 1 rings (SSSR count). The lowest BCUT2D eigenvalue weighted by molar-refractivity contribution is 1.37. The highest BCUT2D eigenvalue weighted by Gasteiger charge is 1.94. The fourth-order valence-electron chi connectivity index (χ4n) is 0.845. The van der Waals surface area contributed by atoms with Gasteiger partial charge in [0.05, 0.1) is 0 Å². The molecule has 0 unspecified atom stereocenters. The Morgan fingerprint density at radius 2 is 1.92 bits per heavy atom. The second kappa shape index (κ2) is 6.05. The van der Waals surface area contributed by atoms with E-state index in [-0.39, 0.29) is 22.1 Å². The van der Waals surface area contributed by atoms with Crippen LogP contribution in [0.5, 0.6) is 0 Å². The van der Waals surface area contributed by atoms with Gasteiger partial charge in [-0.05, 0) is 12.5 Å². The zero-order valence-corrected chi connectivity index (χ0v) is 9.94. The smallest absolute Gasteiger partial charge is 0.151 e. The van der Waals surface area contributed by atoms with Crippen LogP contribution in [0.4, 0.5) is 0 Å². The van der Waals surface area contributed by atoms with Crippen molar-refractivity contribution in [3.63, 3.8) is 0 Å². The zero-order valence-electron chi connectivity index (χ0n) is 7.41. The third-order valence-electron chi connectivity index (χ3n) is 1.51. The van der Waals surface area contributed by atoms with Crippen LogP contribution in [-0.4, -0.2) is 5.17 Å². The van der Waals surface area contributed by atoms with E-state index in [1.807, 2.05) is 0 Å². The Kier molecular flexibility index (Phi) is 5.82. The van der Waals surface area contributed by atoms with Gasteiger partial charge in [-0.15, -0.1) is 17.0 Å². The number of hydrogen-bond acceptors (Lipinski definition) is 2. The molecule has 4 heteroatoms. The van der Waals surface area contributed by atoms with Crippen molar-refractivity contribution >= 4 is 33.9 Å². The van der Waals surface area contributed by atoms with Gasteiger partial charge < -0.3 is 5.73 Å². The number of rotatable bonds is 2. The van der Waals surface area contributed by atoms with Crippen molar-refractivity contribution in [1.29, 1.82) is 5.41 Å². The molecular formula is C9H13BrN2S. The predicted octanol–water partition coefficient (Wildman–Crippen LogP) is 2.70. The first-order valence-corrected chi connectivity index (χ1v) is 4.69. The average molecular weight is 261 g/mol. The Hall–Kier alpha value is -0.480. The van der Waals surface area contributed by atoms with E-state index >= 15 is 0 Å². The molecule has 1 aromatic rings. The molecule has 0 saturated carbocycles. The maximum Gasteiger partial charge on any atom is 0.151 e. The van der Waals surface area contributed by atoms with Crippen molar-refractivity contribution in [2.45, 2.75) is 12.7 Å². The van der Waals surface area contributed by atoms with Crippen molar-refractivity contribution in [1.82, 2.24) is 0 Å². The molecular weight excluding hydrogens is 248 g/mol. The predicted molar refractivity (Wildman–Crippen MR) is 64.7 cm³/mol. The summed E-state index contributed by atoms with van der Waals surface area (Å²) in [4.78, 5) is 0. The summed E-state index contributed by atoms with van der Waals surface area (Å²) in [5, 5.41) is 7.20. The summed E-state index contributed by atoms with van der Waals surface area (Å²) in [6.07, 6.45) is 0. The molecule has 0 heterocycles. The van der Waals surface area contributed by atoms with Gasteiger partial charge in [0.25, 0.3) is 0 Å². The minimum absolute atomic E-state index is 0. The van der Waals surface area contributed by atoms with Gasteiger partial charge in [-0.3, -0.25) is 5.41 Å². The van der Waals surface area contributed by atoms with Crippen LogP contribution in [0.3, 0.4) is 0 Å². The molecule has 0 aliphatic rings. The van der Waals surface area contributed by atoms with E-state index in [0.717, 1.165) is 5.75 Å². The van der Waals surface area contributed by atoms with Gasteiger partial charge in [-0.2, -0.15) is 0 Å². The van der Waals surface area contributed by atoms with E-state index in [1.165, 1.54) is 22.9 Å². The molecule has 0 aliphatic heterocycles. The van der Waals surface area contributed by atoms with E-state index in [2.05, 4.69) is 31.2 Å². The van der Waals surface area contributed by atoms with Gasteiger partial charge >= 0.3 is 0 Å². The van der Waals surface area contributed by atoms with Gasteiger partial charge in [0, 0.05) is 5.75 Å². The Balaban J connectivity index is 0.00000144. The number of thioether (sulfide) groups is 1. The van der Waals surface area contributed by atoms with Gasteiger partial charge in [0.1, 0.15) is 0 Å². The first-order chi connectivity index (χ1) is 5.68. The standard InChI is InChI=1S/C9H12N2S.BrH/c1-7-2-4-8(5-3-7)6-12-9(10)11;/h2-5H,6H2,1H3,(H3,10,11);1H. The minimum Gasteiger partial charge on any atom is -0.379 e. The van der Waals surface area contributed by atoms with Gasteiger partial charge in [-0.25, -0.2) is 0 Å². The van der Waals surface area contributed by atoms with Crippen molar-refractivity contribution in [3.05, 3.63) is 35.4 Å². The number of benzene rings is 1. The average Bonchev–Trinajstić information content (AvgIpc) is 2.03. The molecule has 0 spiro atoms. The summed E-state index contributed by atoms with van der Waals surface area (Å²) in [5.74, 6) is 0.787. The highest BCUT2D eigenvalue weighted by atomic mass is 79.9. The highest BCUT2D eigenvalue weighted by molar-refractivity contribution is 8.93. The SMILES string of the molecule is Br.Cc1ccc(CSC(=N)N)cc1. The molecule has 0 atom stereocenters. The maximum atomic E-state index is 7.03. The summed E-state index contributed by atoms with van der Waals surface area (Å²) in [7, 11) is 0. The molecule has 0 aliphatic carbocycles. The quantitative estimate of drug-likeness (QED) is 0.635. The molecule has 3 N–H and O–H groups in total. The lowest BCUT2D eigenvalue weighted by Crippen LogP contribution is -2.03. The first kappa shape index (κ1) is 12.5. The van der Waals surface area contributed by atoms with Crippen LogP contribution in [0.1, 0.15) is 11.1 Å². The van der Waals surface area contributed by atoms with Gasteiger partial charge in [0.2, 0.25) is 0 Å². The Morgan fingerprint density at radius 3 is 2.38 bits per heavy atom.